The Hall–Kier alpha value is -3.86. The monoisotopic (exact) mass is 469 g/mol. The molecule has 1 aliphatic rings. The lowest BCUT2D eigenvalue weighted by Crippen LogP contribution is -2.26. The number of aromatic amines is 1. The Morgan fingerprint density at radius 1 is 1.26 bits per heavy atom. The standard InChI is InChI=1S/C23H24FN5O5/c1-13(20-19(30)5-2-16(24)21(20)31)34-29-18-4-3-17(26-22(18)27-23(29)32)15-10-25-28(12-15)11-14-6-8-33-9-7-14/h2-5,10,12-14,30-31H,6-9,11H2,1H3,(H,26,27,32). The van der Waals surface area contributed by atoms with Crippen molar-refractivity contribution in [3.05, 3.63) is 58.5 Å². The largest absolute Gasteiger partial charge is 0.507 e. The van der Waals surface area contributed by atoms with Crippen LogP contribution in [0, 0.1) is 11.7 Å². The van der Waals surface area contributed by atoms with Gasteiger partial charge >= 0.3 is 5.69 Å². The topological polar surface area (TPSA) is 127 Å². The second kappa shape index (κ2) is 8.82. The zero-order valence-electron chi connectivity index (χ0n) is 18.4. The third-order valence-electron chi connectivity index (χ3n) is 6.03. The quantitative estimate of drug-likeness (QED) is 0.396. The number of halogens is 1. The van der Waals surface area contributed by atoms with Crippen LogP contribution in [0.5, 0.6) is 11.5 Å². The van der Waals surface area contributed by atoms with Crippen molar-refractivity contribution >= 4 is 11.2 Å². The maximum absolute atomic E-state index is 13.8. The molecule has 5 rings (SSSR count). The molecule has 1 unspecified atom stereocenters. The molecule has 3 N–H and O–H groups in total. The number of hydrogen-bond acceptors (Lipinski definition) is 7. The van der Waals surface area contributed by atoms with Gasteiger partial charge in [0.2, 0.25) is 0 Å². The van der Waals surface area contributed by atoms with E-state index in [1.165, 1.54) is 6.92 Å². The van der Waals surface area contributed by atoms with E-state index in [9.17, 15) is 19.4 Å². The molecule has 1 fully saturated rings. The van der Waals surface area contributed by atoms with E-state index in [1.807, 2.05) is 10.9 Å². The van der Waals surface area contributed by atoms with Crippen LogP contribution in [-0.2, 0) is 11.3 Å². The molecule has 10 nitrogen and oxygen atoms in total. The van der Waals surface area contributed by atoms with Gasteiger partial charge in [0.1, 0.15) is 11.3 Å². The van der Waals surface area contributed by atoms with Gasteiger partial charge in [0.05, 0.1) is 17.5 Å². The maximum Gasteiger partial charge on any atom is 0.360 e. The lowest BCUT2D eigenvalue weighted by Gasteiger charge is -2.21. The van der Waals surface area contributed by atoms with E-state index >= 15 is 0 Å². The first kappa shape index (κ1) is 22.0. The normalized spacial score (nSPS) is 15.6. The predicted molar refractivity (Wildman–Crippen MR) is 120 cm³/mol. The van der Waals surface area contributed by atoms with Crippen molar-refractivity contribution < 1.29 is 24.2 Å². The highest BCUT2D eigenvalue weighted by Gasteiger charge is 2.23. The number of rotatable bonds is 6. The molecule has 0 spiro atoms. The van der Waals surface area contributed by atoms with E-state index in [4.69, 9.17) is 9.57 Å². The van der Waals surface area contributed by atoms with E-state index in [0.29, 0.717) is 22.8 Å². The third kappa shape index (κ3) is 4.10. The molecule has 4 aromatic rings. The number of benzene rings is 1. The SMILES string of the molecule is CC(On1c(=O)[nH]c2nc(-c3cnn(CC4CCOCC4)c3)ccc21)c1c(O)ccc(F)c1O. The summed E-state index contributed by atoms with van der Waals surface area (Å²) >= 11 is 0. The number of ether oxygens (including phenoxy) is 1. The van der Waals surface area contributed by atoms with Crippen LogP contribution in [0.25, 0.3) is 22.4 Å². The maximum atomic E-state index is 13.8. The summed E-state index contributed by atoms with van der Waals surface area (Å²) in [6.07, 6.45) is 4.65. The molecule has 0 amide bonds. The lowest BCUT2D eigenvalue weighted by atomic mass is 10.0. The van der Waals surface area contributed by atoms with Gasteiger partial charge in [-0.25, -0.2) is 14.2 Å². The number of phenols is 2. The van der Waals surface area contributed by atoms with Crippen LogP contribution in [0.4, 0.5) is 4.39 Å². The van der Waals surface area contributed by atoms with Gasteiger partial charge in [0.25, 0.3) is 0 Å². The molecule has 178 valence electrons. The molecule has 1 saturated heterocycles. The van der Waals surface area contributed by atoms with Gasteiger partial charge in [0.15, 0.2) is 23.3 Å². The van der Waals surface area contributed by atoms with Crippen LogP contribution in [0.1, 0.15) is 31.4 Å². The van der Waals surface area contributed by atoms with Crippen LogP contribution in [-0.4, -0.2) is 47.9 Å². The molecule has 0 aliphatic carbocycles. The minimum absolute atomic E-state index is 0.164. The van der Waals surface area contributed by atoms with Crippen LogP contribution < -0.4 is 10.5 Å². The summed E-state index contributed by atoms with van der Waals surface area (Å²) in [6.45, 7) is 3.85. The Balaban J connectivity index is 1.39. The fourth-order valence-electron chi connectivity index (χ4n) is 4.21. The predicted octanol–water partition coefficient (Wildman–Crippen LogP) is 2.75. The first-order chi connectivity index (χ1) is 16.4. The second-order valence-corrected chi connectivity index (χ2v) is 8.37. The number of pyridine rings is 1. The lowest BCUT2D eigenvalue weighted by molar-refractivity contribution is 0.0460. The molecule has 0 radical (unpaired) electrons. The first-order valence-electron chi connectivity index (χ1n) is 11.0. The van der Waals surface area contributed by atoms with Crippen molar-refractivity contribution in [2.24, 2.45) is 5.92 Å². The highest BCUT2D eigenvalue weighted by Crippen LogP contribution is 2.35. The van der Waals surface area contributed by atoms with Gasteiger partial charge in [0, 0.05) is 31.5 Å². The van der Waals surface area contributed by atoms with E-state index in [1.54, 1.807) is 18.3 Å². The van der Waals surface area contributed by atoms with Crippen LogP contribution >= 0.6 is 0 Å². The summed E-state index contributed by atoms with van der Waals surface area (Å²) in [4.78, 5) is 25.4. The highest BCUT2D eigenvalue weighted by molar-refractivity contribution is 5.75. The van der Waals surface area contributed by atoms with E-state index in [-0.39, 0.29) is 11.3 Å². The van der Waals surface area contributed by atoms with Crippen LogP contribution in [0.2, 0.25) is 0 Å². The number of hydrogen-bond donors (Lipinski definition) is 3. The van der Waals surface area contributed by atoms with E-state index < -0.39 is 23.4 Å². The number of aromatic hydroxyl groups is 2. The average Bonchev–Trinajstić information content (AvgIpc) is 3.41. The smallest absolute Gasteiger partial charge is 0.360 e. The Morgan fingerprint density at radius 2 is 2.06 bits per heavy atom. The average molecular weight is 469 g/mol. The van der Waals surface area contributed by atoms with Crippen LogP contribution in [0.3, 0.4) is 0 Å². The van der Waals surface area contributed by atoms with Gasteiger partial charge in [-0.05, 0) is 49.9 Å². The minimum atomic E-state index is -1.03. The minimum Gasteiger partial charge on any atom is -0.507 e. The molecular weight excluding hydrogens is 445 g/mol. The number of nitrogens with zero attached hydrogens (tertiary/aromatic N) is 4. The first-order valence-corrected chi connectivity index (χ1v) is 11.0. The number of fused-ring (bicyclic) bond motifs is 1. The van der Waals surface area contributed by atoms with Crippen molar-refractivity contribution in [3.63, 3.8) is 0 Å². The fourth-order valence-corrected chi connectivity index (χ4v) is 4.21. The Bertz CT molecular complexity index is 1390. The number of nitrogens with one attached hydrogen (secondary N) is 1. The Labute approximate surface area is 193 Å². The molecular formula is C23H24FN5O5. The molecule has 1 aromatic carbocycles. The summed E-state index contributed by atoms with van der Waals surface area (Å²) in [5, 5.41) is 24.5. The second-order valence-electron chi connectivity index (χ2n) is 8.37. The van der Waals surface area contributed by atoms with Crippen molar-refractivity contribution in [1.82, 2.24) is 24.5 Å². The molecule has 1 atom stereocenters. The summed E-state index contributed by atoms with van der Waals surface area (Å²) in [6, 6.07) is 5.46. The van der Waals surface area contributed by atoms with Gasteiger partial charge in [-0.1, -0.05) is 0 Å². The zero-order valence-corrected chi connectivity index (χ0v) is 18.4. The van der Waals surface area contributed by atoms with Crippen LogP contribution in [0.15, 0.2) is 41.5 Å². The van der Waals surface area contributed by atoms with Crippen molar-refractivity contribution in [1.29, 1.82) is 0 Å². The molecule has 1 aliphatic heterocycles. The highest BCUT2D eigenvalue weighted by atomic mass is 19.1. The fraction of sp³-hybridized carbons (Fsp3) is 0.348. The van der Waals surface area contributed by atoms with E-state index in [2.05, 4.69) is 15.1 Å². The molecule has 11 heteroatoms. The molecule has 0 saturated carbocycles. The summed E-state index contributed by atoms with van der Waals surface area (Å²) in [5.74, 6) is -1.47. The number of imidazole rings is 1. The van der Waals surface area contributed by atoms with Gasteiger partial charge in [-0.3, -0.25) is 9.67 Å². The van der Waals surface area contributed by atoms with Crippen molar-refractivity contribution in [2.45, 2.75) is 32.4 Å². The number of phenolic OH excluding ortho intramolecular Hbond substituents is 2. The zero-order chi connectivity index (χ0) is 23.8. The van der Waals surface area contributed by atoms with Gasteiger partial charge in [-0.2, -0.15) is 5.10 Å². The number of H-pyrrole nitrogens is 1. The molecule has 4 heterocycles. The summed E-state index contributed by atoms with van der Waals surface area (Å²) in [7, 11) is 0. The molecule has 3 aromatic heterocycles. The van der Waals surface area contributed by atoms with E-state index in [0.717, 1.165) is 55.0 Å². The van der Waals surface area contributed by atoms with Crippen molar-refractivity contribution in [2.75, 3.05) is 13.2 Å². The third-order valence-corrected chi connectivity index (χ3v) is 6.03. The van der Waals surface area contributed by atoms with Gasteiger partial charge in [-0.15, -0.1) is 4.73 Å². The summed E-state index contributed by atoms with van der Waals surface area (Å²) in [5.41, 5.74) is 1.32. The molecule has 34 heavy (non-hydrogen) atoms. The molecule has 0 bridgehead atoms. The Kier molecular flexibility index (Phi) is 5.70. The Morgan fingerprint density at radius 3 is 2.85 bits per heavy atom. The summed E-state index contributed by atoms with van der Waals surface area (Å²) < 4.78 is 22.0. The van der Waals surface area contributed by atoms with Gasteiger partial charge < -0.3 is 19.8 Å². The number of aromatic nitrogens is 5. The van der Waals surface area contributed by atoms with Crippen molar-refractivity contribution in [3.8, 4) is 22.8 Å².